The standard InChI is InChI=1S/C13H27NO/c1-10(2)6-5-7-14-13-8-11(3)15-12(4)9-13/h10-14H,5-9H2,1-4H3. The normalized spacial score (nSPS) is 32.2. The molecule has 1 fully saturated rings. The summed E-state index contributed by atoms with van der Waals surface area (Å²) in [5.74, 6) is 0.833. The van der Waals surface area contributed by atoms with Gasteiger partial charge in [-0.3, -0.25) is 0 Å². The van der Waals surface area contributed by atoms with Crippen molar-refractivity contribution in [3.8, 4) is 0 Å². The Morgan fingerprint density at radius 1 is 1.20 bits per heavy atom. The number of ether oxygens (including phenoxy) is 1. The zero-order valence-corrected chi connectivity index (χ0v) is 10.8. The molecule has 0 aromatic heterocycles. The van der Waals surface area contributed by atoms with Crippen LogP contribution in [-0.2, 0) is 4.74 Å². The summed E-state index contributed by atoms with van der Waals surface area (Å²) < 4.78 is 5.72. The van der Waals surface area contributed by atoms with E-state index in [0.717, 1.165) is 5.92 Å². The lowest BCUT2D eigenvalue weighted by atomic mass is 9.99. The van der Waals surface area contributed by atoms with Crippen LogP contribution in [0.4, 0.5) is 0 Å². The first kappa shape index (κ1) is 13.0. The molecule has 2 unspecified atom stereocenters. The highest BCUT2D eigenvalue weighted by atomic mass is 16.5. The second-order valence-corrected chi connectivity index (χ2v) is 5.42. The summed E-state index contributed by atoms with van der Waals surface area (Å²) in [5, 5.41) is 3.66. The van der Waals surface area contributed by atoms with E-state index in [1.807, 2.05) is 0 Å². The lowest BCUT2D eigenvalue weighted by molar-refractivity contribution is -0.0420. The van der Waals surface area contributed by atoms with Gasteiger partial charge in [0.1, 0.15) is 0 Å². The number of nitrogens with one attached hydrogen (secondary N) is 1. The molecule has 1 N–H and O–H groups in total. The Morgan fingerprint density at radius 2 is 1.80 bits per heavy atom. The minimum Gasteiger partial charge on any atom is -0.375 e. The van der Waals surface area contributed by atoms with Gasteiger partial charge in [-0.05, 0) is 52.0 Å². The van der Waals surface area contributed by atoms with Crippen LogP contribution in [-0.4, -0.2) is 24.8 Å². The fourth-order valence-electron chi connectivity index (χ4n) is 2.39. The molecule has 0 radical (unpaired) electrons. The largest absolute Gasteiger partial charge is 0.375 e. The highest BCUT2D eigenvalue weighted by Crippen LogP contribution is 2.18. The topological polar surface area (TPSA) is 21.3 Å². The predicted molar refractivity (Wildman–Crippen MR) is 65.1 cm³/mol. The summed E-state index contributed by atoms with van der Waals surface area (Å²) in [6.07, 6.45) is 5.84. The minimum absolute atomic E-state index is 0.427. The van der Waals surface area contributed by atoms with E-state index in [1.165, 1.54) is 32.2 Å². The second kappa shape index (κ2) is 6.49. The third-order valence-corrected chi connectivity index (χ3v) is 3.09. The van der Waals surface area contributed by atoms with Crippen molar-refractivity contribution >= 4 is 0 Å². The minimum atomic E-state index is 0.427. The molecule has 15 heavy (non-hydrogen) atoms. The van der Waals surface area contributed by atoms with Crippen LogP contribution in [0.5, 0.6) is 0 Å². The molecule has 0 spiro atoms. The SMILES string of the molecule is CC(C)CCCNC1CC(C)OC(C)C1. The molecule has 0 bridgehead atoms. The fraction of sp³-hybridized carbons (Fsp3) is 1.00. The molecule has 2 heteroatoms. The molecular formula is C13H27NO. The van der Waals surface area contributed by atoms with E-state index in [-0.39, 0.29) is 0 Å². The molecule has 0 aromatic carbocycles. The monoisotopic (exact) mass is 213 g/mol. The lowest BCUT2D eigenvalue weighted by Gasteiger charge is -2.32. The highest BCUT2D eigenvalue weighted by molar-refractivity contribution is 4.78. The van der Waals surface area contributed by atoms with E-state index in [0.29, 0.717) is 18.2 Å². The van der Waals surface area contributed by atoms with Gasteiger partial charge in [0, 0.05) is 6.04 Å². The van der Waals surface area contributed by atoms with Crippen LogP contribution >= 0.6 is 0 Å². The van der Waals surface area contributed by atoms with Crippen molar-refractivity contribution in [1.29, 1.82) is 0 Å². The zero-order chi connectivity index (χ0) is 11.3. The molecule has 0 aromatic rings. The van der Waals surface area contributed by atoms with Crippen molar-refractivity contribution in [3.63, 3.8) is 0 Å². The van der Waals surface area contributed by atoms with Crippen LogP contribution in [0.1, 0.15) is 53.4 Å². The molecule has 90 valence electrons. The third-order valence-electron chi connectivity index (χ3n) is 3.09. The number of hydrogen-bond acceptors (Lipinski definition) is 2. The van der Waals surface area contributed by atoms with Gasteiger partial charge in [0.05, 0.1) is 12.2 Å². The molecule has 0 aliphatic carbocycles. The first-order valence-electron chi connectivity index (χ1n) is 6.46. The van der Waals surface area contributed by atoms with Gasteiger partial charge < -0.3 is 10.1 Å². The van der Waals surface area contributed by atoms with Crippen LogP contribution in [0.25, 0.3) is 0 Å². The van der Waals surface area contributed by atoms with E-state index < -0.39 is 0 Å². The van der Waals surface area contributed by atoms with Crippen molar-refractivity contribution in [3.05, 3.63) is 0 Å². The fourth-order valence-corrected chi connectivity index (χ4v) is 2.39. The molecule has 0 amide bonds. The average molecular weight is 213 g/mol. The molecular weight excluding hydrogens is 186 g/mol. The van der Waals surface area contributed by atoms with Gasteiger partial charge in [-0.2, -0.15) is 0 Å². The number of hydrogen-bond donors (Lipinski definition) is 1. The quantitative estimate of drug-likeness (QED) is 0.709. The first-order chi connectivity index (χ1) is 7.08. The first-order valence-corrected chi connectivity index (χ1v) is 6.46. The van der Waals surface area contributed by atoms with Gasteiger partial charge in [-0.15, -0.1) is 0 Å². The van der Waals surface area contributed by atoms with Gasteiger partial charge in [-0.25, -0.2) is 0 Å². The molecule has 1 heterocycles. The molecule has 1 rings (SSSR count). The number of rotatable bonds is 5. The van der Waals surface area contributed by atoms with Crippen molar-refractivity contribution in [1.82, 2.24) is 5.32 Å². The second-order valence-electron chi connectivity index (χ2n) is 5.42. The Morgan fingerprint density at radius 3 is 2.33 bits per heavy atom. The van der Waals surface area contributed by atoms with Gasteiger partial charge in [0.2, 0.25) is 0 Å². The summed E-state index contributed by atoms with van der Waals surface area (Å²) >= 11 is 0. The van der Waals surface area contributed by atoms with Gasteiger partial charge in [0.25, 0.3) is 0 Å². The molecule has 1 aliphatic rings. The Labute approximate surface area is 94.8 Å². The van der Waals surface area contributed by atoms with Gasteiger partial charge in [-0.1, -0.05) is 13.8 Å². The summed E-state index contributed by atoms with van der Waals surface area (Å²) in [5.41, 5.74) is 0. The maximum atomic E-state index is 5.72. The van der Waals surface area contributed by atoms with Crippen LogP contribution in [0.2, 0.25) is 0 Å². The maximum Gasteiger partial charge on any atom is 0.0565 e. The zero-order valence-electron chi connectivity index (χ0n) is 10.8. The van der Waals surface area contributed by atoms with Crippen LogP contribution < -0.4 is 5.32 Å². The van der Waals surface area contributed by atoms with E-state index >= 15 is 0 Å². The molecule has 1 saturated heterocycles. The van der Waals surface area contributed by atoms with Crippen LogP contribution in [0, 0.1) is 5.92 Å². The van der Waals surface area contributed by atoms with Gasteiger partial charge in [0.15, 0.2) is 0 Å². The lowest BCUT2D eigenvalue weighted by Crippen LogP contribution is -2.41. The van der Waals surface area contributed by atoms with E-state index in [9.17, 15) is 0 Å². The Balaban J connectivity index is 2.10. The molecule has 2 nitrogen and oxygen atoms in total. The van der Waals surface area contributed by atoms with Crippen molar-refractivity contribution in [2.75, 3.05) is 6.54 Å². The molecule has 2 atom stereocenters. The van der Waals surface area contributed by atoms with E-state index in [1.54, 1.807) is 0 Å². The van der Waals surface area contributed by atoms with Crippen LogP contribution in [0.15, 0.2) is 0 Å². The van der Waals surface area contributed by atoms with Crippen LogP contribution in [0.3, 0.4) is 0 Å². The summed E-state index contributed by atoms with van der Waals surface area (Å²) in [6.45, 7) is 10.1. The Bertz CT molecular complexity index is 160. The Hall–Kier alpha value is -0.0800. The van der Waals surface area contributed by atoms with Crippen molar-refractivity contribution < 1.29 is 4.74 Å². The van der Waals surface area contributed by atoms with Gasteiger partial charge >= 0.3 is 0 Å². The summed E-state index contributed by atoms with van der Waals surface area (Å²) in [7, 11) is 0. The van der Waals surface area contributed by atoms with Crippen molar-refractivity contribution in [2.24, 2.45) is 5.92 Å². The molecule has 1 aliphatic heterocycles. The third kappa shape index (κ3) is 5.53. The van der Waals surface area contributed by atoms with E-state index in [2.05, 4.69) is 33.0 Å². The van der Waals surface area contributed by atoms with E-state index in [4.69, 9.17) is 4.74 Å². The smallest absolute Gasteiger partial charge is 0.0565 e. The maximum absolute atomic E-state index is 5.72. The highest BCUT2D eigenvalue weighted by Gasteiger charge is 2.23. The Kier molecular flexibility index (Phi) is 5.62. The predicted octanol–water partition coefficient (Wildman–Crippen LogP) is 2.97. The summed E-state index contributed by atoms with van der Waals surface area (Å²) in [6, 6.07) is 0.677. The summed E-state index contributed by atoms with van der Waals surface area (Å²) in [4.78, 5) is 0. The average Bonchev–Trinajstić information content (AvgIpc) is 2.10. The van der Waals surface area contributed by atoms with Crippen molar-refractivity contribution in [2.45, 2.75) is 71.6 Å². The molecule has 0 saturated carbocycles.